The van der Waals surface area contributed by atoms with Gasteiger partial charge in [0.15, 0.2) is 0 Å². The van der Waals surface area contributed by atoms with Crippen LogP contribution in [0.1, 0.15) is 0 Å². The fraction of sp³-hybridized carbons (Fsp3) is 0.167. The maximum Gasteiger partial charge on any atom is 0.230 e. The molecule has 5 nitrogen and oxygen atoms in total. The second-order valence-corrected chi connectivity index (χ2v) is 3.40. The van der Waals surface area contributed by atoms with Crippen LogP contribution < -0.4 is 5.73 Å². The molecule has 1 atom stereocenters. The molecule has 0 bridgehead atoms. The summed E-state index contributed by atoms with van der Waals surface area (Å²) in [6.07, 6.45) is 4.22. The first kappa shape index (κ1) is 8.79. The van der Waals surface area contributed by atoms with Gasteiger partial charge in [-0.25, -0.2) is 4.98 Å². The number of primary amides is 1. The normalized spacial score (nSPS) is 12.3. The molecule has 1 rings (SSSR count). The van der Waals surface area contributed by atoms with E-state index in [1.807, 2.05) is 0 Å². The molecule has 2 N–H and O–H groups in total. The number of amides is 1. The van der Waals surface area contributed by atoms with E-state index in [0.717, 1.165) is 0 Å². The topological polar surface area (TPSA) is 85.9 Å². The summed E-state index contributed by atoms with van der Waals surface area (Å²) >= 11 is 0. The quantitative estimate of drug-likeness (QED) is 0.659. The summed E-state index contributed by atoms with van der Waals surface area (Å²) in [4.78, 5) is 17.8. The number of carbonyl (C=O) groups excluding carboxylic acids is 1. The molecule has 0 saturated heterocycles. The van der Waals surface area contributed by atoms with Crippen molar-refractivity contribution in [1.29, 1.82) is 0 Å². The predicted molar refractivity (Wildman–Crippen MR) is 42.5 cm³/mol. The van der Waals surface area contributed by atoms with Crippen LogP contribution in [0.2, 0.25) is 0 Å². The van der Waals surface area contributed by atoms with Crippen LogP contribution in [0, 0.1) is 0 Å². The summed E-state index contributed by atoms with van der Waals surface area (Å²) in [5.41, 5.74) is 4.85. The van der Waals surface area contributed by atoms with E-state index in [1.165, 1.54) is 18.6 Å². The van der Waals surface area contributed by atoms with Crippen LogP contribution in [0.15, 0.2) is 23.6 Å². The Kier molecular flexibility index (Phi) is 2.87. The highest BCUT2D eigenvalue weighted by atomic mass is 32.2. The third kappa shape index (κ3) is 2.39. The van der Waals surface area contributed by atoms with Gasteiger partial charge in [-0.05, 0) is 0 Å². The van der Waals surface area contributed by atoms with Gasteiger partial charge in [-0.2, -0.15) is 0 Å². The molecule has 64 valence electrons. The van der Waals surface area contributed by atoms with Gasteiger partial charge < -0.3 is 5.73 Å². The van der Waals surface area contributed by atoms with Crippen LogP contribution in [-0.2, 0) is 15.6 Å². The van der Waals surface area contributed by atoms with E-state index in [4.69, 9.17) is 5.73 Å². The molecule has 0 radical (unpaired) electrons. The highest BCUT2D eigenvalue weighted by Gasteiger charge is 2.07. The van der Waals surface area contributed by atoms with Crippen molar-refractivity contribution in [3.63, 3.8) is 0 Å². The van der Waals surface area contributed by atoms with Crippen LogP contribution in [0.4, 0.5) is 0 Å². The Hall–Kier alpha value is -1.30. The molecular weight excluding hydrogens is 178 g/mol. The minimum Gasteiger partial charge on any atom is -0.369 e. The molecule has 1 aromatic rings. The summed E-state index contributed by atoms with van der Waals surface area (Å²) in [5, 5.41) is 0.274. The van der Waals surface area contributed by atoms with Gasteiger partial charge in [0.05, 0.1) is 17.0 Å². The Morgan fingerprint density at radius 1 is 1.58 bits per heavy atom. The molecule has 0 aliphatic carbocycles. The summed E-state index contributed by atoms with van der Waals surface area (Å²) < 4.78 is 11.2. The molecule has 0 saturated carbocycles. The molecule has 6 heteroatoms. The monoisotopic (exact) mass is 185 g/mol. The largest absolute Gasteiger partial charge is 0.369 e. The van der Waals surface area contributed by atoms with Crippen molar-refractivity contribution in [1.82, 2.24) is 9.97 Å². The highest BCUT2D eigenvalue weighted by molar-refractivity contribution is 7.85. The van der Waals surface area contributed by atoms with Crippen molar-refractivity contribution < 1.29 is 9.00 Å². The van der Waals surface area contributed by atoms with Gasteiger partial charge in [-0.3, -0.25) is 14.0 Å². The van der Waals surface area contributed by atoms with Crippen molar-refractivity contribution >= 4 is 16.7 Å². The zero-order valence-electron chi connectivity index (χ0n) is 6.14. The smallest absolute Gasteiger partial charge is 0.230 e. The van der Waals surface area contributed by atoms with Crippen LogP contribution in [0.25, 0.3) is 0 Å². The van der Waals surface area contributed by atoms with E-state index in [2.05, 4.69) is 9.97 Å². The molecule has 12 heavy (non-hydrogen) atoms. The second kappa shape index (κ2) is 3.91. The lowest BCUT2D eigenvalue weighted by Crippen LogP contribution is -2.19. The Morgan fingerprint density at radius 2 is 2.33 bits per heavy atom. The fourth-order valence-electron chi connectivity index (χ4n) is 0.606. The lowest BCUT2D eigenvalue weighted by molar-refractivity contribution is -0.115. The van der Waals surface area contributed by atoms with Gasteiger partial charge in [-0.15, -0.1) is 0 Å². The van der Waals surface area contributed by atoms with Gasteiger partial charge in [0.25, 0.3) is 0 Å². The molecule has 1 amide bonds. The van der Waals surface area contributed by atoms with Crippen LogP contribution in [0.3, 0.4) is 0 Å². The first-order chi connectivity index (χ1) is 5.70. The standard InChI is InChI=1S/C6H7N3O2S/c7-5(10)4-12(11)6-3-8-1-2-9-6/h1-3H,4H2,(H2,7,10). The van der Waals surface area contributed by atoms with Crippen molar-refractivity contribution in [3.05, 3.63) is 18.6 Å². The first-order valence-electron chi connectivity index (χ1n) is 3.13. The Balaban J connectivity index is 2.73. The first-order valence-corrected chi connectivity index (χ1v) is 4.44. The molecule has 0 fully saturated rings. The molecule has 1 aromatic heterocycles. The van der Waals surface area contributed by atoms with Crippen LogP contribution in [-0.4, -0.2) is 25.8 Å². The number of hydrogen-bond donors (Lipinski definition) is 1. The van der Waals surface area contributed by atoms with Crippen molar-refractivity contribution in [2.75, 3.05) is 5.75 Å². The average molecular weight is 185 g/mol. The Bertz CT molecular complexity index is 301. The van der Waals surface area contributed by atoms with Crippen LogP contribution in [0.5, 0.6) is 0 Å². The van der Waals surface area contributed by atoms with Gasteiger partial charge in [0.1, 0.15) is 10.8 Å². The molecule has 1 heterocycles. The van der Waals surface area contributed by atoms with E-state index in [-0.39, 0.29) is 10.8 Å². The number of hydrogen-bond acceptors (Lipinski definition) is 4. The van der Waals surface area contributed by atoms with Crippen molar-refractivity contribution in [2.24, 2.45) is 5.73 Å². The maximum atomic E-state index is 11.2. The number of aromatic nitrogens is 2. The summed E-state index contributed by atoms with van der Waals surface area (Å²) in [6.45, 7) is 0. The van der Waals surface area contributed by atoms with E-state index < -0.39 is 16.7 Å². The number of nitrogens with two attached hydrogens (primary N) is 1. The zero-order chi connectivity index (χ0) is 8.97. The number of rotatable bonds is 3. The van der Waals surface area contributed by atoms with Gasteiger partial charge >= 0.3 is 0 Å². The van der Waals surface area contributed by atoms with Gasteiger partial charge in [0, 0.05) is 12.4 Å². The Labute approximate surface area is 71.5 Å². The molecular formula is C6H7N3O2S. The average Bonchev–Trinajstić information content (AvgIpc) is 2.05. The lowest BCUT2D eigenvalue weighted by atomic mass is 10.8. The van der Waals surface area contributed by atoms with E-state index in [9.17, 15) is 9.00 Å². The van der Waals surface area contributed by atoms with Crippen LogP contribution >= 0.6 is 0 Å². The van der Waals surface area contributed by atoms with E-state index in [0.29, 0.717) is 0 Å². The SMILES string of the molecule is NC(=O)CS(=O)c1cnccn1. The predicted octanol–water partition coefficient (Wildman–Crippen LogP) is -0.931. The molecule has 0 spiro atoms. The molecule has 1 unspecified atom stereocenters. The summed E-state index contributed by atoms with van der Waals surface area (Å²) in [7, 11) is -1.46. The molecule has 0 aromatic carbocycles. The maximum absolute atomic E-state index is 11.2. The number of carbonyl (C=O) groups is 1. The second-order valence-electron chi connectivity index (χ2n) is 2.00. The molecule has 0 aliphatic rings. The van der Waals surface area contributed by atoms with Gasteiger partial charge in [0.2, 0.25) is 5.91 Å². The third-order valence-electron chi connectivity index (χ3n) is 1.05. The molecule has 0 aliphatic heterocycles. The Morgan fingerprint density at radius 3 is 2.83 bits per heavy atom. The summed E-state index contributed by atoms with van der Waals surface area (Å²) in [6, 6.07) is 0. The lowest BCUT2D eigenvalue weighted by Gasteiger charge is -1.95. The van der Waals surface area contributed by atoms with E-state index >= 15 is 0 Å². The minimum absolute atomic E-state index is 0.210. The van der Waals surface area contributed by atoms with Crippen molar-refractivity contribution in [2.45, 2.75) is 5.03 Å². The minimum atomic E-state index is -1.46. The van der Waals surface area contributed by atoms with Gasteiger partial charge in [-0.1, -0.05) is 0 Å². The third-order valence-corrected chi connectivity index (χ3v) is 2.27. The fourth-order valence-corrected chi connectivity index (χ4v) is 1.37. The highest BCUT2D eigenvalue weighted by Crippen LogP contribution is 1.97. The van der Waals surface area contributed by atoms with E-state index in [1.54, 1.807) is 0 Å². The zero-order valence-corrected chi connectivity index (χ0v) is 6.95. The van der Waals surface area contributed by atoms with Crippen molar-refractivity contribution in [3.8, 4) is 0 Å². The summed E-state index contributed by atoms with van der Waals surface area (Å²) in [5.74, 6) is -0.822. The number of nitrogens with zero attached hydrogens (tertiary/aromatic N) is 2.